The molecule has 0 fully saturated rings. The van der Waals surface area contributed by atoms with Crippen molar-refractivity contribution in [2.45, 2.75) is 19.1 Å². The molecule has 0 aliphatic carbocycles. The van der Waals surface area contributed by atoms with Gasteiger partial charge in [0.15, 0.2) is 11.5 Å². The number of ether oxygens (including phenoxy) is 2. The lowest BCUT2D eigenvalue weighted by atomic mass is 9.95. The molecule has 3 rings (SSSR count). The van der Waals surface area contributed by atoms with Gasteiger partial charge in [-0.05, 0) is 42.3 Å². The number of benzene rings is 2. The normalized spacial score (nSPS) is 14.7. The number of carbonyl (C=O) groups excluding carboxylic acids is 1. The molecule has 1 aliphatic rings. The number of fused-ring (bicyclic) bond motifs is 1. The molecule has 0 aromatic heterocycles. The van der Waals surface area contributed by atoms with Crippen LogP contribution < -0.4 is 20.1 Å². The first kappa shape index (κ1) is 17.4. The van der Waals surface area contributed by atoms with Crippen molar-refractivity contribution in [1.82, 2.24) is 10.6 Å². The van der Waals surface area contributed by atoms with Crippen LogP contribution in [0.3, 0.4) is 0 Å². The molecule has 132 valence electrons. The predicted octanol–water partition coefficient (Wildman–Crippen LogP) is 2.78. The lowest BCUT2D eigenvalue weighted by Gasteiger charge is -2.24. The fourth-order valence-electron chi connectivity index (χ4n) is 2.43. The lowest BCUT2D eigenvalue weighted by molar-refractivity contribution is 0.0591. The number of aliphatic hydroxyl groups is 1. The summed E-state index contributed by atoms with van der Waals surface area (Å²) in [7, 11) is 0. The van der Waals surface area contributed by atoms with Gasteiger partial charge in [0.1, 0.15) is 5.60 Å². The number of carbonyl (C=O) groups is 1. The number of nitrogens with one attached hydrogen (secondary N) is 2. The Balaban J connectivity index is 1.52. The number of amides is 2. The van der Waals surface area contributed by atoms with Gasteiger partial charge in [-0.1, -0.05) is 29.8 Å². The molecule has 2 aromatic carbocycles. The molecule has 0 spiro atoms. The molecular formula is C18H19ClN2O4. The first-order valence-corrected chi connectivity index (χ1v) is 8.20. The molecule has 1 atom stereocenters. The van der Waals surface area contributed by atoms with E-state index in [2.05, 4.69) is 10.6 Å². The van der Waals surface area contributed by atoms with Crippen LogP contribution in [0.25, 0.3) is 0 Å². The van der Waals surface area contributed by atoms with Gasteiger partial charge in [-0.2, -0.15) is 0 Å². The molecule has 6 nitrogen and oxygen atoms in total. The van der Waals surface area contributed by atoms with Crippen LogP contribution >= 0.6 is 11.6 Å². The third-order valence-corrected chi connectivity index (χ3v) is 4.21. The van der Waals surface area contributed by atoms with Gasteiger partial charge in [0.2, 0.25) is 6.79 Å². The molecule has 25 heavy (non-hydrogen) atoms. The van der Waals surface area contributed by atoms with Gasteiger partial charge in [-0.25, -0.2) is 4.79 Å². The summed E-state index contributed by atoms with van der Waals surface area (Å²) in [5, 5.41) is 16.7. The molecule has 0 radical (unpaired) electrons. The first-order valence-electron chi connectivity index (χ1n) is 7.83. The Labute approximate surface area is 150 Å². The van der Waals surface area contributed by atoms with E-state index in [1.54, 1.807) is 37.3 Å². The van der Waals surface area contributed by atoms with Gasteiger partial charge >= 0.3 is 6.03 Å². The fourth-order valence-corrected chi connectivity index (χ4v) is 2.56. The number of halogens is 1. The summed E-state index contributed by atoms with van der Waals surface area (Å²) in [6.07, 6.45) is 0. The lowest BCUT2D eigenvalue weighted by Crippen LogP contribution is -2.43. The minimum atomic E-state index is -1.24. The summed E-state index contributed by atoms with van der Waals surface area (Å²) < 4.78 is 10.6. The van der Waals surface area contributed by atoms with E-state index in [9.17, 15) is 9.90 Å². The number of rotatable bonds is 5. The molecular weight excluding hydrogens is 344 g/mol. The SMILES string of the molecule is CC(O)(CNC(=O)NCc1ccc(Cl)cc1)c1ccc2c(c1)OCO2. The van der Waals surface area contributed by atoms with Crippen molar-refractivity contribution in [3.05, 3.63) is 58.6 Å². The first-order chi connectivity index (χ1) is 11.9. The van der Waals surface area contributed by atoms with E-state index in [-0.39, 0.29) is 19.4 Å². The van der Waals surface area contributed by atoms with Crippen LogP contribution in [-0.4, -0.2) is 24.5 Å². The zero-order chi connectivity index (χ0) is 17.9. The standard InChI is InChI=1S/C18H19ClN2O4/c1-18(23,13-4-7-15-16(8-13)25-11-24-15)10-21-17(22)20-9-12-2-5-14(19)6-3-12/h2-8,23H,9-11H2,1H3,(H2,20,21,22). The molecule has 7 heteroatoms. The van der Waals surface area contributed by atoms with Gasteiger partial charge < -0.3 is 25.2 Å². The Kier molecular flexibility index (Phi) is 5.01. The minimum Gasteiger partial charge on any atom is -0.454 e. The van der Waals surface area contributed by atoms with Crippen molar-refractivity contribution in [1.29, 1.82) is 0 Å². The summed E-state index contributed by atoms with van der Waals surface area (Å²) in [6, 6.07) is 12.1. The van der Waals surface area contributed by atoms with Crippen molar-refractivity contribution < 1.29 is 19.4 Å². The molecule has 0 saturated carbocycles. The van der Waals surface area contributed by atoms with Gasteiger partial charge in [0.25, 0.3) is 0 Å². The summed E-state index contributed by atoms with van der Waals surface area (Å²) in [4.78, 5) is 11.9. The van der Waals surface area contributed by atoms with Crippen LogP contribution in [0.1, 0.15) is 18.1 Å². The average Bonchev–Trinajstić information content (AvgIpc) is 3.07. The van der Waals surface area contributed by atoms with Crippen LogP contribution in [0.15, 0.2) is 42.5 Å². The van der Waals surface area contributed by atoms with Crippen molar-refractivity contribution in [3.8, 4) is 11.5 Å². The van der Waals surface area contributed by atoms with E-state index < -0.39 is 5.60 Å². The minimum absolute atomic E-state index is 0.0547. The summed E-state index contributed by atoms with van der Waals surface area (Å²) in [6.45, 7) is 2.23. The van der Waals surface area contributed by atoms with Crippen LogP contribution in [0.2, 0.25) is 5.02 Å². The Morgan fingerprint density at radius 2 is 1.88 bits per heavy atom. The van der Waals surface area contributed by atoms with Crippen molar-refractivity contribution in [2.24, 2.45) is 0 Å². The van der Waals surface area contributed by atoms with Gasteiger partial charge in [-0.15, -0.1) is 0 Å². The second kappa shape index (κ2) is 7.21. The monoisotopic (exact) mass is 362 g/mol. The van der Waals surface area contributed by atoms with Gasteiger partial charge in [0, 0.05) is 11.6 Å². The summed E-state index contributed by atoms with van der Waals surface area (Å²) >= 11 is 5.82. The smallest absolute Gasteiger partial charge is 0.315 e. The third kappa shape index (κ3) is 4.35. The molecule has 1 heterocycles. The van der Waals surface area contributed by atoms with Gasteiger partial charge in [-0.3, -0.25) is 0 Å². The Hall–Kier alpha value is -2.44. The second-order valence-corrected chi connectivity index (χ2v) is 6.44. The van der Waals surface area contributed by atoms with Crippen LogP contribution in [-0.2, 0) is 12.1 Å². The highest BCUT2D eigenvalue weighted by atomic mass is 35.5. The highest BCUT2D eigenvalue weighted by Gasteiger charge is 2.26. The topological polar surface area (TPSA) is 79.8 Å². The van der Waals surface area contributed by atoms with E-state index in [0.717, 1.165) is 5.56 Å². The van der Waals surface area contributed by atoms with Crippen molar-refractivity contribution in [3.63, 3.8) is 0 Å². The third-order valence-electron chi connectivity index (χ3n) is 3.95. The molecule has 1 unspecified atom stereocenters. The second-order valence-electron chi connectivity index (χ2n) is 6.00. The highest BCUT2D eigenvalue weighted by molar-refractivity contribution is 6.30. The number of hydrogen-bond donors (Lipinski definition) is 3. The number of hydrogen-bond acceptors (Lipinski definition) is 4. The zero-order valence-corrected chi connectivity index (χ0v) is 14.5. The predicted molar refractivity (Wildman–Crippen MR) is 93.8 cm³/mol. The largest absolute Gasteiger partial charge is 0.454 e. The molecule has 3 N–H and O–H groups in total. The Morgan fingerprint density at radius 3 is 2.64 bits per heavy atom. The molecule has 0 bridgehead atoms. The maximum atomic E-state index is 11.9. The zero-order valence-electron chi connectivity index (χ0n) is 13.7. The molecule has 1 aliphatic heterocycles. The maximum absolute atomic E-state index is 11.9. The van der Waals surface area contributed by atoms with Crippen LogP contribution in [0.4, 0.5) is 4.79 Å². The summed E-state index contributed by atoms with van der Waals surface area (Å²) in [5.41, 5.74) is 0.329. The fraction of sp³-hybridized carbons (Fsp3) is 0.278. The van der Waals surface area contributed by atoms with E-state index in [4.69, 9.17) is 21.1 Å². The Morgan fingerprint density at radius 1 is 1.16 bits per heavy atom. The van der Waals surface area contributed by atoms with Gasteiger partial charge in [0.05, 0.1) is 6.54 Å². The van der Waals surface area contributed by atoms with E-state index in [1.165, 1.54) is 0 Å². The quantitative estimate of drug-likeness (QED) is 0.764. The molecule has 2 aromatic rings. The molecule has 2 amide bonds. The van der Waals surface area contributed by atoms with E-state index >= 15 is 0 Å². The van der Waals surface area contributed by atoms with Crippen LogP contribution in [0.5, 0.6) is 11.5 Å². The highest BCUT2D eigenvalue weighted by Crippen LogP contribution is 2.35. The van der Waals surface area contributed by atoms with E-state index in [1.807, 2.05) is 12.1 Å². The number of urea groups is 1. The molecule has 0 saturated heterocycles. The van der Waals surface area contributed by atoms with Crippen molar-refractivity contribution >= 4 is 17.6 Å². The Bertz CT molecular complexity index is 762. The van der Waals surface area contributed by atoms with Crippen molar-refractivity contribution in [2.75, 3.05) is 13.3 Å². The van der Waals surface area contributed by atoms with E-state index in [0.29, 0.717) is 28.6 Å². The van der Waals surface area contributed by atoms with Crippen LogP contribution in [0, 0.1) is 0 Å². The average molecular weight is 363 g/mol. The summed E-state index contributed by atoms with van der Waals surface area (Å²) in [5.74, 6) is 1.23. The maximum Gasteiger partial charge on any atom is 0.315 e.